The van der Waals surface area contributed by atoms with Gasteiger partial charge in [-0.2, -0.15) is 4.37 Å². The molecule has 0 radical (unpaired) electrons. The number of nitrogens with one attached hydrogen (secondary N) is 1. The van der Waals surface area contributed by atoms with Gasteiger partial charge in [0.1, 0.15) is 5.82 Å². The van der Waals surface area contributed by atoms with Crippen molar-refractivity contribution in [3.05, 3.63) is 34.1 Å². The van der Waals surface area contributed by atoms with Gasteiger partial charge in [0.05, 0.1) is 0 Å². The van der Waals surface area contributed by atoms with E-state index in [-0.39, 0.29) is 5.54 Å². The summed E-state index contributed by atoms with van der Waals surface area (Å²) in [5.74, 6) is 0.921. The Bertz CT molecular complexity index is 605. The Labute approximate surface area is 143 Å². The van der Waals surface area contributed by atoms with E-state index < -0.39 is 0 Å². The molecule has 0 saturated heterocycles. The van der Waals surface area contributed by atoms with Crippen molar-refractivity contribution < 1.29 is 0 Å². The number of hydrogen-bond donors (Lipinski definition) is 1. The van der Waals surface area contributed by atoms with Gasteiger partial charge in [-0.15, -0.1) is 0 Å². The molecule has 0 spiro atoms. The number of rotatable bonds is 5. The Kier molecular flexibility index (Phi) is 5.82. The molecule has 3 nitrogen and oxygen atoms in total. The van der Waals surface area contributed by atoms with E-state index in [2.05, 4.69) is 76.5 Å². The second-order valence-corrected chi connectivity index (χ2v) is 8.70. The van der Waals surface area contributed by atoms with Gasteiger partial charge in [0, 0.05) is 27.9 Å². The molecule has 0 aliphatic carbocycles. The van der Waals surface area contributed by atoms with Gasteiger partial charge in [-0.25, -0.2) is 4.98 Å². The van der Waals surface area contributed by atoms with Gasteiger partial charge in [0.15, 0.2) is 4.34 Å². The van der Waals surface area contributed by atoms with E-state index in [9.17, 15) is 0 Å². The number of nitrogens with zero attached hydrogens (tertiary/aromatic N) is 2. The molecule has 0 unspecified atom stereocenters. The lowest BCUT2D eigenvalue weighted by Crippen LogP contribution is -2.35. The van der Waals surface area contributed by atoms with E-state index in [0.717, 1.165) is 27.6 Å². The quantitative estimate of drug-likeness (QED) is 0.793. The third-order valence-electron chi connectivity index (χ3n) is 2.78. The van der Waals surface area contributed by atoms with Crippen molar-refractivity contribution in [3.8, 4) is 0 Å². The number of benzene rings is 1. The van der Waals surface area contributed by atoms with Crippen molar-refractivity contribution in [1.82, 2.24) is 14.7 Å². The normalized spacial score (nSPS) is 11.9. The molecule has 1 N–H and O–H groups in total. The zero-order valence-electron chi connectivity index (χ0n) is 12.7. The minimum Gasteiger partial charge on any atom is -0.308 e. The van der Waals surface area contributed by atoms with Gasteiger partial charge in [0.2, 0.25) is 0 Å². The molecule has 0 atom stereocenters. The summed E-state index contributed by atoms with van der Waals surface area (Å²) < 4.78 is 6.42. The maximum absolute atomic E-state index is 4.49. The molecule has 1 aromatic heterocycles. The van der Waals surface area contributed by atoms with E-state index in [4.69, 9.17) is 0 Å². The largest absolute Gasteiger partial charge is 0.308 e. The number of aryl methyl sites for hydroxylation is 1. The highest BCUT2D eigenvalue weighted by Gasteiger charge is 2.11. The van der Waals surface area contributed by atoms with Crippen LogP contribution in [0.5, 0.6) is 0 Å². The Hall–Kier alpha value is -0.430. The Morgan fingerprint density at radius 1 is 1.33 bits per heavy atom. The number of aromatic nitrogens is 2. The third kappa shape index (κ3) is 5.36. The monoisotopic (exact) mass is 385 g/mol. The van der Waals surface area contributed by atoms with Gasteiger partial charge in [-0.1, -0.05) is 24.8 Å². The summed E-state index contributed by atoms with van der Waals surface area (Å²) in [5.41, 5.74) is 1.40. The molecular formula is C15H20BrN3S2. The highest BCUT2D eigenvalue weighted by atomic mass is 79.9. The Morgan fingerprint density at radius 2 is 2.10 bits per heavy atom. The summed E-state index contributed by atoms with van der Waals surface area (Å²) in [7, 11) is 0. The molecule has 1 heterocycles. The molecule has 114 valence electrons. The summed E-state index contributed by atoms with van der Waals surface area (Å²) in [6.45, 7) is 9.46. The lowest BCUT2D eigenvalue weighted by Gasteiger charge is -2.20. The molecule has 0 amide bonds. The lowest BCUT2D eigenvalue weighted by molar-refractivity contribution is 0.424. The van der Waals surface area contributed by atoms with E-state index in [1.807, 2.05) is 0 Å². The first-order valence-electron chi connectivity index (χ1n) is 6.91. The second-order valence-electron chi connectivity index (χ2n) is 5.80. The fraction of sp³-hybridized carbons (Fsp3) is 0.467. The van der Waals surface area contributed by atoms with Gasteiger partial charge in [-0.05, 0) is 65.9 Å². The fourth-order valence-electron chi connectivity index (χ4n) is 1.62. The van der Waals surface area contributed by atoms with E-state index in [1.54, 1.807) is 11.8 Å². The molecule has 21 heavy (non-hydrogen) atoms. The summed E-state index contributed by atoms with van der Waals surface area (Å²) >= 11 is 6.78. The maximum atomic E-state index is 4.49. The smallest absolute Gasteiger partial charge is 0.174 e. The van der Waals surface area contributed by atoms with E-state index in [1.165, 1.54) is 22.0 Å². The predicted molar refractivity (Wildman–Crippen MR) is 94.1 cm³/mol. The zero-order valence-corrected chi connectivity index (χ0v) is 16.0. The molecule has 2 aromatic rings. The maximum Gasteiger partial charge on any atom is 0.174 e. The molecule has 1 aromatic carbocycles. The molecule has 0 fully saturated rings. The standard InChI is InChI=1S/C15H20BrN3S2/c1-5-13-18-14(21-19-13)20-12-7-6-10(8-11(12)16)9-17-15(2,3)4/h6-8,17H,5,9H2,1-4H3. The van der Waals surface area contributed by atoms with Gasteiger partial charge in [0.25, 0.3) is 0 Å². The molecule has 0 bridgehead atoms. The van der Waals surface area contributed by atoms with E-state index in [0.29, 0.717) is 0 Å². The van der Waals surface area contributed by atoms with Crippen LogP contribution in [0.3, 0.4) is 0 Å². The number of halogens is 1. The molecule has 0 aliphatic heterocycles. The highest BCUT2D eigenvalue weighted by Crippen LogP contribution is 2.34. The molecular weight excluding hydrogens is 366 g/mol. The predicted octanol–water partition coefficient (Wildman–Crippen LogP) is 4.90. The topological polar surface area (TPSA) is 37.8 Å². The van der Waals surface area contributed by atoms with Crippen LogP contribution >= 0.6 is 39.2 Å². The van der Waals surface area contributed by atoms with Crippen LogP contribution in [0.2, 0.25) is 0 Å². The van der Waals surface area contributed by atoms with E-state index >= 15 is 0 Å². The fourth-order valence-corrected chi connectivity index (χ4v) is 3.95. The second kappa shape index (κ2) is 7.22. The molecule has 2 rings (SSSR count). The lowest BCUT2D eigenvalue weighted by atomic mass is 10.1. The Balaban J connectivity index is 2.05. The van der Waals surface area contributed by atoms with Crippen molar-refractivity contribution in [1.29, 1.82) is 0 Å². The number of hydrogen-bond acceptors (Lipinski definition) is 5. The third-order valence-corrected chi connectivity index (χ3v) is 5.57. The average Bonchev–Trinajstić information content (AvgIpc) is 2.86. The summed E-state index contributed by atoms with van der Waals surface area (Å²) in [4.78, 5) is 5.67. The van der Waals surface area contributed by atoms with Crippen molar-refractivity contribution in [3.63, 3.8) is 0 Å². The van der Waals surface area contributed by atoms with Crippen molar-refractivity contribution in [2.45, 2.75) is 55.4 Å². The van der Waals surface area contributed by atoms with Crippen molar-refractivity contribution in [2.75, 3.05) is 0 Å². The van der Waals surface area contributed by atoms with Gasteiger partial charge in [-0.3, -0.25) is 0 Å². The summed E-state index contributed by atoms with van der Waals surface area (Å²) in [6, 6.07) is 6.47. The first kappa shape index (κ1) is 16.9. The van der Waals surface area contributed by atoms with Crippen LogP contribution in [-0.4, -0.2) is 14.9 Å². The van der Waals surface area contributed by atoms with Crippen LogP contribution < -0.4 is 5.32 Å². The highest BCUT2D eigenvalue weighted by molar-refractivity contribution is 9.10. The molecule has 0 saturated carbocycles. The first-order valence-corrected chi connectivity index (χ1v) is 9.29. The van der Waals surface area contributed by atoms with Crippen LogP contribution in [0.4, 0.5) is 0 Å². The average molecular weight is 386 g/mol. The first-order chi connectivity index (χ1) is 9.87. The van der Waals surface area contributed by atoms with Crippen LogP contribution in [0, 0.1) is 0 Å². The molecule has 0 aliphatic rings. The minimum atomic E-state index is 0.128. The molecule has 6 heteroatoms. The minimum absolute atomic E-state index is 0.128. The van der Waals surface area contributed by atoms with Crippen LogP contribution in [0.25, 0.3) is 0 Å². The SMILES string of the molecule is CCc1nsc(Sc2ccc(CNC(C)(C)C)cc2Br)n1. The summed E-state index contributed by atoms with van der Waals surface area (Å²) in [5, 5.41) is 3.50. The van der Waals surface area contributed by atoms with Crippen molar-refractivity contribution >= 4 is 39.2 Å². The Morgan fingerprint density at radius 3 is 2.67 bits per heavy atom. The van der Waals surface area contributed by atoms with Gasteiger partial charge >= 0.3 is 0 Å². The van der Waals surface area contributed by atoms with Crippen molar-refractivity contribution in [2.24, 2.45) is 0 Å². The van der Waals surface area contributed by atoms with Gasteiger partial charge < -0.3 is 5.32 Å². The summed E-state index contributed by atoms with van der Waals surface area (Å²) in [6.07, 6.45) is 0.885. The zero-order chi connectivity index (χ0) is 15.5. The van der Waals surface area contributed by atoms with Crippen LogP contribution in [0.15, 0.2) is 31.9 Å². The van der Waals surface area contributed by atoms with Crippen LogP contribution in [-0.2, 0) is 13.0 Å². The van der Waals surface area contributed by atoms with Crippen LogP contribution in [0.1, 0.15) is 39.1 Å².